The summed E-state index contributed by atoms with van der Waals surface area (Å²) in [6.07, 6.45) is 7.04. The van der Waals surface area contributed by atoms with Gasteiger partial charge in [-0.15, -0.1) is 0 Å². The van der Waals surface area contributed by atoms with Crippen LogP contribution in [0.3, 0.4) is 0 Å². The molecule has 1 unspecified atom stereocenters. The maximum absolute atomic E-state index is 11.9. The van der Waals surface area contributed by atoms with Gasteiger partial charge in [0, 0.05) is 17.8 Å². The Labute approximate surface area is 96.0 Å². The third kappa shape index (κ3) is 2.02. The Morgan fingerprint density at radius 2 is 2.33 bits per heavy atom. The Bertz CT molecular complexity index is 247. The Morgan fingerprint density at radius 3 is 2.73 bits per heavy atom. The summed E-state index contributed by atoms with van der Waals surface area (Å²) in [5.74, 6) is 0.304. The molecule has 1 aliphatic carbocycles. The van der Waals surface area contributed by atoms with Gasteiger partial charge in [0.15, 0.2) is 0 Å². The molecule has 1 atom stereocenters. The van der Waals surface area contributed by atoms with Crippen molar-refractivity contribution in [2.45, 2.75) is 36.5 Å². The van der Waals surface area contributed by atoms with Gasteiger partial charge in [-0.1, -0.05) is 6.42 Å². The van der Waals surface area contributed by atoms with E-state index >= 15 is 0 Å². The van der Waals surface area contributed by atoms with E-state index in [1.807, 2.05) is 18.8 Å². The van der Waals surface area contributed by atoms with Crippen LogP contribution in [0.4, 0.5) is 0 Å². The number of carbonyl (C=O) groups is 1. The smallest absolute Gasteiger partial charge is 0.239 e. The highest BCUT2D eigenvalue weighted by molar-refractivity contribution is 8.00. The van der Waals surface area contributed by atoms with E-state index in [9.17, 15) is 4.79 Å². The molecule has 3 nitrogen and oxygen atoms in total. The summed E-state index contributed by atoms with van der Waals surface area (Å²) >= 11 is 1.94. The molecular formula is C11H20N2OS. The van der Waals surface area contributed by atoms with Crippen LogP contribution in [0.15, 0.2) is 0 Å². The molecule has 1 saturated carbocycles. The first-order valence-corrected chi connectivity index (χ1v) is 6.94. The van der Waals surface area contributed by atoms with Crippen molar-refractivity contribution in [1.29, 1.82) is 0 Å². The predicted molar refractivity (Wildman–Crippen MR) is 64.1 cm³/mol. The van der Waals surface area contributed by atoms with Gasteiger partial charge in [0.1, 0.15) is 0 Å². The Hall–Kier alpha value is -0.220. The molecule has 2 fully saturated rings. The molecule has 86 valence electrons. The molecule has 1 heterocycles. The van der Waals surface area contributed by atoms with Gasteiger partial charge in [-0.05, 0) is 32.6 Å². The summed E-state index contributed by atoms with van der Waals surface area (Å²) in [5, 5.41) is 3.09. The summed E-state index contributed by atoms with van der Waals surface area (Å²) < 4.78 is 0.387. The fourth-order valence-electron chi connectivity index (χ4n) is 2.51. The largest absolute Gasteiger partial charge is 0.340 e. The molecule has 2 aliphatic rings. The highest BCUT2D eigenvalue weighted by atomic mass is 32.2. The van der Waals surface area contributed by atoms with Gasteiger partial charge in [-0.2, -0.15) is 11.8 Å². The van der Waals surface area contributed by atoms with Gasteiger partial charge in [-0.3, -0.25) is 4.79 Å². The summed E-state index contributed by atoms with van der Waals surface area (Å²) in [4.78, 5) is 14.0. The Kier molecular flexibility index (Phi) is 3.26. The number of likely N-dealkylation sites (N-methyl/N-ethyl adjacent to an activating group) is 1. The SMILES string of the molecule is CNC1CCN(CC2(SC)CCC2)C1=O. The van der Waals surface area contributed by atoms with Crippen molar-refractivity contribution < 1.29 is 4.79 Å². The second-order valence-corrected chi connectivity index (χ2v) is 5.90. The lowest BCUT2D eigenvalue weighted by atomic mass is 9.84. The summed E-state index contributed by atoms with van der Waals surface area (Å²) in [6, 6.07) is 0.0731. The monoisotopic (exact) mass is 228 g/mol. The molecule has 0 aromatic heterocycles. The molecule has 0 bridgehead atoms. The van der Waals surface area contributed by atoms with Crippen LogP contribution < -0.4 is 5.32 Å². The third-order valence-electron chi connectivity index (χ3n) is 3.82. The molecule has 1 saturated heterocycles. The standard InChI is InChI=1S/C11H20N2OS/c1-12-9-4-7-13(10(9)14)8-11(15-2)5-3-6-11/h9,12H,3-8H2,1-2H3. The number of hydrogen-bond acceptors (Lipinski definition) is 3. The molecule has 0 aromatic carbocycles. The molecule has 0 radical (unpaired) electrons. The van der Waals surface area contributed by atoms with Crippen molar-refractivity contribution in [2.75, 3.05) is 26.4 Å². The zero-order chi connectivity index (χ0) is 10.9. The first-order chi connectivity index (χ1) is 7.21. The van der Waals surface area contributed by atoms with Crippen molar-refractivity contribution in [3.63, 3.8) is 0 Å². The fourth-order valence-corrected chi connectivity index (χ4v) is 3.49. The molecule has 4 heteroatoms. The lowest BCUT2D eigenvalue weighted by Crippen LogP contribution is -2.47. The number of carbonyl (C=O) groups excluding carboxylic acids is 1. The molecular weight excluding hydrogens is 208 g/mol. The number of thioether (sulfide) groups is 1. The topological polar surface area (TPSA) is 32.3 Å². The number of hydrogen-bond donors (Lipinski definition) is 1. The van der Waals surface area contributed by atoms with Crippen molar-refractivity contribution in [3.05, 3.63) is 0 Å². The van der Waals surface area contributed by atoms with E-state index < -0.39 is 0 Å². The van der Waals surface area contributed by atoms with Crippen LogP contribution in [0.1, 0.15) is 25.7 Å². The van der Waals surface area contributed by atoms with E-state index in [0.29, 0.717) is 10.7 Å². The molecule has 15 heavy (non-hydrogen) atoms. The van der Waals surface area contributed by atoms with E-state index in [1.165, 1.54) is 19.3 Å². The summed E-state index contributed by atoms with van der Waals surface area (Å²) in [6.45, 7) is 1.90. The zero-order valence-electron chi connectivity index (χ0n) is 9.58. The second-order valence-electron chi connectivity index (χ2n) is 4.63. The van der Waals surface area contributed by atoms with Crippen LogP contribution in [0.5, 0.6) is 0 Å². The van der Waals surface area contributed by atoms with Crippen LogP contribution in [-0.4, -0.2) is 48.0 Å². The van der Waals surface area contributed by atoms with Gasteiger partial charge in [0.05, 0.1) is 6.04 Å². The summed E-state index contributed by atoms with van der Waals surface area (Å²) in [5.41, 5.74) is 0. The first kappa shape index (κ1) is 11.3. The number of likely N-dealkylation sites (tertiary alicyclic amines) is 1. The van der Waals surface area contributed by atoms with E-state index in [0.717, 1.165) is 19.5 Å². The minimum atomic E-state index is 0.0731. The van der Waals surface area contributed by atoms with Crippen LogP contribution in [0.2, 0.25) is 0 Å². The van der Waals surface area contributed by atoms with Gasteiger partial charge in [0.25, 0.3) is 0 Å². The highest BCUT2D eigenvalue weighted by Gasteiger charge is 2.41. The van der Waals surface area contributed by atoms with Crippen LogP contribution in [0, 0.1) is 0 Å². The minimum Gasteiger partial charge on any atom is -0.340 e. The second kappa shape index (κ2) is 4.34. The molecule has 0 aromatic rings. The van der Waals surface area contributed by atoms with Gasteiger partial charge in [0.2, 0.25) is 5.91 Å². The average molecular weight is 228 g/mol. The van der Waals surface area contributed by atoms with E-state index in [1.54, 1.807) is 0 Å². The number of amides is 1. The molecule has 1 N–H and O–H groups in total. The van der Waals surface area contributed by atoms with E-state index in [2.05, 4.69) is 16.5 Å². The third-order valence-corrected chi connectivity index (χ3v) is 5.23. The molecule has 0 spiro atoms. The maximum atomic E-state index is 11.9. The van der Waals surface area contributed by atoms with Crippen molar-refractivity contribution >= 4 is 17.7 Å². The lowest BCUT2D eigenvalue weighted by molar-refractivity contribution is -0.129. The number of nitrogens with one attached hydrogen (secondary N) is 1. The summed E-state index contributed by atoms with van der Waals surface area (Å²) in [7, 11) is 1.87. The lowest BCUT2D eigenvalue weighted by Gasteiger charge is -2.43. The normalized spacial score (nSPS) is 29.3. The highest BCUT2D eigenvalue weighted by Crippen LogP contribution is 2.43. The van der Waals surface area contributed by atoms with E-state index in [4.69, 9.17) is 0 Å². The van der Waals surface area contributed by atoms with Gasteiger partial charge < -0.3 is 10.2 Å². The molecule has 1 amide bonds. The molecule has 2 rings (SSSR count). The average Bonchev–Trinajstić information content (AvgIpc) is 2.53. The Balaban J connectivity index is 1.93. The van der Waals surface area contributed by atoms with Crippen molar-refractivity contribution in [1.82, 2.24) is 10.2 Å². The van der Waals surface area contributed by atoms with Gasteiger partial charge >= 0.3 is 0 Å². The molecule has 1 aliphatic heterocycles. The maximum Gasteiger partial charge on any atom is 0.239 e. The van der Waals surface area contributed by atoms with Crippen molar-refractivity contribution in [2.24, 2.45) is 0 Å². The quantitative estimate of drug-likeness (QED) is 0.782. The number of rotatable bonds is 4. The first-order valence-electron chi connectivity index (χ1n) is 5.72. The zero-order valence-corrected chi connectivity index (χ0v) is 10.4. The number of nitrogens with zero attached hydrogens (tertiary/aromatic N) is 1. The van der Waals surface area contributed by atoms with Crippen LogP contribution >= 0.6 is 11.8 Å². The van der Waals surface area contributed by atoms with Crippen LogP contribution in [-0.2, 0) is 4.79 Å². The van der Waals surface area contributed by atoms with Crippen LogP contribution in [0.25, 0.3) is 0 Å². The Morgan fingerprint density at radius 1 is 1.60 bits per heavy atom. The van der Waals surface area contributed by atoms with Gasteiger partial charge in [-0.25, -0.2) is 0 Å². The van der Waals surface area contributed by atoms with Crippen molar-refractivity contribution in [3.8, 4) is 0 Å². The minimum absolute atomic E-state index is 0.0731. The van der Waals surface area contributed by atoms with E-state index in [-0.39, 0.29) is 6.04 Å². The predicted octanol–water partition coefficient (Wildman–Crippen LogP) is 1.09. The fraction of sp³-hybridized carbons (Fsp3) is 0.909.